The molecule has 0 aromatic carbocycles. The van der Waals surface area contributed by atoms with Gasteiger partial charge in [0.15, 0.2) is 0 Å². The van der Waals surface area contributed by atoms with Gasteiger partial charge in [-0.05, 0) is 0 Å². The summed E-state index contributed by atoms with van der Waals surface area (Å²) in [5.41, 5.74) is -3.51. The van der Waals surface area contributed by atoms with Gasteiger partial charge < -0.3 is 25.2 Å². The topological polar surface area (TPSA) is 145 Å². The van der Waals surface area contributed by atoms with E-state index in [1.807, 2.05) is 4.98 Å². The number of aromatic amines is 1. The van der Waals surface area contributed by atoms with Crippen LogP contribution in [0.5, 0.6) is 0 Å². The number of rotatable bonds is 3. The third-order valence-electron chi connectivity index (χ3n) is 3.16. The van der Waals surface area contributed by atoms with Crippen LogP contribution < -0.4 is 11.2 Å². The number of hydrogen-bond acceptors (Lipinski definition) is 7. The van der Waals surface area contributed by atoms with Gasteiger partial charge in [-0.3, -0.25) is 14.3 Å². The predicted molar refractivity (Wildman–Crippen MR) is 60.4 cm³/mol. The Hall–Kier alpha value is -1.52. The molecule has 0 spiro atoms. The van der Waals surface area contributed by atoms with Crippen molar-refractivity contribution in [3.63, 3.8) is 0 Å². The molecule has 1 aromatic heterocycles. The second-order valence-corrected chi connectivity index (χ2v) is 4.26. The Kier molecular flexibility index (Phi) is 3.56. The van der Waals surface area contributed by atoms with E-state index in [9.17, 15) is 24.9 Å². The van der Waals surface area contributed by atoms with Gasteiger partial charge in [0.25, 0.3) is 5.56 Å². The van der Waals surface area contributed by atoms with E-state index in [2.05, 4.69) is 0 Å². The number of aromatic nitrogens is 2. The number of hydrogen-bond donors (Lipinski definition) is 5. The minimum atomic E-state index is -1.95. The van der Waals surface area contributed by atoms with Gasteiger partial charge in [-0.15, -0.1) is 0 Å². The molecule has 2 unspecified atom stereocenters. The summed E-state index contributed by atoms with van der Waals surface area (Å²) in [7, 11) is 0. The lowest BCUT2D eigenvalue weighted by molar-refractivity contribution is -0.174. The van der Waals surface area contributed by atoms with Crippen molar-refractivity contribution in [3.8, 4) is 0 Å². The molecule has 4 atom stereocenters. The molecule has 0 radical (unpaired) electrons. The van der Waals surface area contributed by atoms with Gasteiger partial charge in [-0.2, -0.15) is 0 Å². The lowest BCUT2D eigenvalue weighted by atomic mass is 10.0. The van der Waals surface area contributed by atoms with Gasteiger partial charge in [-0.25, -0.2) is 4.79 Å². The predicted octanol–water partition coefficient (Wildman–Crippen LogP) is -3.71. The summed E-state index contributed by atoms with van der Waals surface area (Å²) in [6.45, 7) is -1.42. The second-order valence-electron chi connectivity index (χ2n) is 4.26. The van der Waals surface area contributed by atoms with Crippen molar-refractivity contribution in [3.05, 3.63) is 33.1 Å². The Balaban J connectivity index is 2.55. The van der Waals surface area contributed by atoms with Gasteiger partial charge in [0.2, 0.25) is 5.72 Å². The lowest BCUT2D eigenvalue weighted by Crippen LogP contribution is -2.53. The van der Waals surface area contributed by atoms with Crippen LogP contribution in [0.2, 0.25) is 0 Å². The zero-order chi connectivity index (χ0) is 14.2. The molecule has 106 valence electrons. The van der Waals surface area contributed by atoms with E-state index >= 15 is 0 Å². The van der Waals surface area contributed by atoms with Crippen molar-refractivity contribution in [1.82, 2.24) is 9.55 Å². The molecule has 2 rings (SSSR count). The van der Waals surface area contributed by atoms with Crippen molar-refractivity contribution in [1.29, 1.82) is 0 Å². The van der Waals surface area contributed by atoms with Crippen LogP contribution in [0.3, 0.4) is 0 Å². The summed E-state index contributed by atoms with van der Waals surface area (Å²) in [5.74, 6) is 0. The summed E-state index contributed by atoms with van der Waals surface area (Å²) >= 11 is 0. The maximum absolute atomic E-state index is 11.7. The first-order valence-corrected chi connectivity index (χ1v) is 5.54. The van der Waals surface area contributed by atoms with E-state index in [1.165, 1.54) is 0 Å². The van der Waals surface area contributed by atoms with Crippen molar-refractivity contribution in [2.75, 3.05) is 13.2 Å². The fourth-order valence-corrected chi connectivity index (χ4v) is 2.14. The second kappa shape index (κ2) is 4.87. The molecule has 0 bridgehead atoms. The summed E-state index contributed by atoms with van der Waals surface area (Å²) < 4.78 is 6.00. The summed E-state index contributed by atoms with van der Waals surface area (Å²) in [4.78, 5) is 24.6. The minimum absolute atomic E-state index is 0.599. The molecule has 0 amide bonds. The molecule has 1 aromatic rings. The van der Waals surface area contributed by atoms with E-state index < -0.39 is 48.5 Å². The van der Waals surface area contributed by atoms with E-state index in [4.69, 9.17) is 9.84 Å². The average molecular weight is 274 g/mol. The number of aliphatic hydroxyl groups is 4. The van der Waals surface area contributed by atoms with Gasteiger partial charge >= 0.3 is 5.69 Å². The van der Waals surface area contributed by atoms with Crippen LogP contribution in [0.15, 0.2) is 21.9 Å². The number of aliphatic hydroxyl groups excluding tert-OH is 4. The third-order valence-corrected chi connectivity index (χ3v) is 3.16. The number of nitrogens with zero attached hydrogens (tertiary/aromatic N) is 1. The van der Waals surface area contributed by atoms with Gasteiger partial charge in [-0.1, -0.05) is 0 Å². The molecule has 0 aliphatic carbocycles. The minimum Gasteiger partial charge on any atom is -0.394 e. The highest BCUT2D eigenvalue weighted by atomic mass is 16.6. The molecular weight excluding hydrogens is 260 g/mol. The van der Waals surface area contributed by atoms with Gasteiger partial charge in [0.1, 0.15) is 18.3 Å². The normalized spacial score (nSPS) is 34.6. The molecule has 0 saturated carbocycles. The first kappa shape index (κ1) is 13.9. The van der Waals surface area contributed by atoms with E-state index in [1.54, 1.807) is 0 Å². The highest BCUT2D eigenvalue weighted by Crippen LogP contribution is 2.34. The largest absolute Gasteiger partial charge is 0.394 e. The quantitative estimate of drug-likeness (QED) is 0.381. The van der Waals surface area contributed by atoms with Crippen molar-refractivity contribution < 1.29 is 25.2 Å². The average Bonchev–Trinajstić information content (AvgIpc) is 2.64. The number of H-pyrrole nitrogens is 1. The van der Waals surface area contributed by atoms with Crippen LogP contribution in [-0.4, -0.2) is 61.5 Å². The van der Waals surface area contributed by atoms with E-state index in [0.29, 0.717) is 0 Å². The van der Waals surface area contributed by atoms with Crippen molar-refractivity contribution in [2.45, 2.75) is 24.0 Å². The van der Waals surface area contributed by atoms with Crippen LogP contribution in [0.1, 0.15) is 0 Å². The maximum atomic E-state index is 11.7. The standard InChI is InChI=1S/C10H14N2O7/c13-3-5-7(16)8(17)10(4-14,19-5)12-2-1-6(15)11-9(12)18/h1-2,5,7-8,13-14,16-17H,3-4H2,(H,11,15,18)/t5-,7?,8?,10-/m0/s1. The Bertz CT molecular complexity index is 567. The van der Waals surface area contributed by atoms with Crippen LogP contribution in [0, 0.1) is 0 Å². The third kappa shape index (κ3) is 2.01. The highest BCUT2D eigenvalue weighted by Gasteiger charge is 2.55. The van der Waals surface area contributed by atoms with Crippen LogP contribution in [0.4, 0.5) is 0 Å². The van der Waals surface area contributed by atoms with Crippen molar-refractivity contribution in [2.24, 2.45) is 0 Å². The monoisotopic (exact) mass is 274 g/mol. The fourth-order valence-electron chi connectivity index (χ4n) is 2.14. The molecule has 5 N–H and O–H groups in total. The molecule has 9 nitrogen and oxygen atoms in total. The van der Waals surface area contributed by atoms with Crippen molar-refractivity contribution >= 4 is 0 Å². The fraction of sp³-hybridized carbons (Fsp3) is 0.600. The number of nitrogens with one attached hydrogen (secondary N) is 1. The SMILES string of the molecule is O=c1ccn([C@@]2(CO)O[C@@H](CO)C(O)C2O)c(=O)[nH]1. The Morgan fingerprint density at radius 1 is 1.37 bits per heavy atom. The lowest BCUT2D eigenvalue weighted by Gasteiger charge is -2.31. The Morgan fingerprint density at radius 3 is 2.53 bits per heavy atom. The summed E-state index contributed by atoms with van der Waals surface area (Å²) in [5, 5.41) is 38.1. The molecule has 19 heavy (non-hydrogen) atoms. The van der Waals surface area contributed by atoms with Crippen LogP contribution in [-0.2, 0) is 10.5 Å². The maximum Gasteiger partial charge on any atom is 0.330 e. The zero-order valence-electron chi connectivity index (χ0n) is 9.76. The summed E-state index contributed by atoms with van der Waals surface area (Å²) in [6, 6.07) is 1.01. The van der Waals surface area contributed by atoms with Gasteiger partial charge in [0.05, 0.1) is 13.2 Å². The number of ether oxygens (including phenoxy) is 1. The molecule has 1 aliphatic rings. The molecule has 1 fully saturated rings. The van der Waals surface area contributed by atoms with Crippen LogP contribution in [0.25, 0.3) is 0 Å². The van der Waals surface area contributed by atoms with E-state index in [0.717, 1.165) is 16.8 Å². The molecule has 1 aliphatic heterocycles. The van der Waals surface area contributed by atoms with Crippen LogP contribution >= 0.6 is 0 Å². The smallest absolute Gasteiger partial charge is 0.330 e. The molecule has 9 heteroatoms. The first-order chi connectivity index (χ1) is 8.96. The Morgan fingerprint density at radius 2 is 2.05 bits per heavy atom. The highest BCUT2D eigenvalue weighted by molar-refractivity contribution is 5.01. The zero-order valence-corrected chi connectivity index (χ0v) is 9.76. The van der Waals surface area contributed by atoms with E-state index in [-0.39, 0.29) is 0 Å². The molecule has 2 heterocycles. The van der Waals surface area contributed by atoms with Gasteiger partial charge in [0, 0.05) is 12.3 Å². The molecule has 1 saturated heterocycles. The molecular formula is C10H14N2O7. The first-order valence-electron chi connectivity index (χ1n) is 5.54. The summed E-state index contributed by atoms with van der Waals surface area (Å²) in [6.07, 6.45) is -3.23. The Labute approximate surface area is 106 Å².